The molecule has 0 atom stereocenters. The lowest BCUT2D eigenvalue weighted by Crippen LogP contribution is -2.09. The van der Waals surface area contributed by atoms with E-state index in [-0.39, 0.29) is 5.91 Å². The molecule has 0 saturated heterocycles. The molecule has 0 spiro atoms. The van der Waals surface area contributed by atoms with E-state index in [1.54, 1.807) is 6.92 Å². The fourth-order valence-corrected chi connectivity index (χ4v) is 2.28. The van der Waals surface area contributed by atoms with Gasteiger partial charge in [0.25, 0.3) is 0 Å². The second-order valence-electron chi connectivity index (χ2n) is 5.34. The SMILES string of the molecule is CC(=O)Nc1ccc(Cc2cc[c]cc2)cc1C(C)C. The van der Waals surface area contributed by atoms with Crippen molar-refractivity contribution in [1.82, 2.24) is 0 Å². The summed E-state index contributed by atoms with van der Waals surface area (Å²) in [7, 11) is 0. The molecule has 1 radical (unpaired) electrons. The van der Waals surface area contributed by atoms with Crippen molar-refractivity contribution in [2.45, 2.75) is 33.1 Å². The van der Waals surface area contributed by atoms with Crippen LogP contribution < -0.4 is 5.32 Å². The summed E-state index contributed by atoms with van der Waals surface area (Å²) in [5.74, 6) is 0.346. The molecule has 2 rings (SSSR count). The molecule has 103 valence electrons. The Labute approximate surface area is 120 Å². The molecule has 0 fully saturated rings. The van der Waals surface area contributed by atoms with E-state index in [4.69, 9.17) is 0 Å². The van der Waals surface area contributed by atoms with Crippen LogP contribution in [0.15, 0.2) is 42.5 Å². The average Bonchev–Trinajstić information content (AvgIpc) is 2.41. The molecule has 1 N–H and O–H groups in total. The van der Waals surface area contributed by atoms with Gasteiger partial charge in [0.1, 0.15) is 0 Å². The Hall–Kier alpha value is -2.09. The van der Waals surface area contributed by atoms with E-state index in [0.29, 0.717) is 5.92 Å². The molecule has 0 aromatic heterocycles. The summed E-state index contributed by atoms with van der Waals surface area (Å²) < 4.78 is 0. The third-order valence-electron chi connectivity index (χ3n) is 3.24. The second-order valence-corrected chi connectivity index (χ2v) is 5.34. The van der Waals surface area contributed by atoms with Crippen molar-refractivity contribution in [2.24, 2.45) is 0 Å². The largest absolute Gasteiger partial charge is 0.326 e. The fourth-order valence-electron chi connectivity index (χ4n) is 2.28. The van der Waals surface area contributed by atoms with Gasteiger partial charge >= 0.3 is 0 Å². The highest BCUT2D eigenvalue weighted by molar-refractivity contribution is 5.89. The number of carbonyl (C=O) groups excluding carboxylic acids is 1. The van der Waals surface area contributed by atoms with Crippen molar-refractivity contribution in [2.75, 3.05) is 5.32 Å². The number of rotatable bonds is 4. The Kier molecular flexibility index (Phi) is 4.57. The first kappa shape index (κ1) is 14.3. The van der Waals surface area contributed by atoms with Gasteiger partial charge in [0.15, 0.2) is 0 Å². The van der Waals surface area contributed by atoms with Gasteiger partial charge in [-0.15, -0.1) is 0 Å². The van der Waals surface area contributed by atoms with Crippen LogP contribution in [0, 0.1) is 6.07 Å². The van der Waals surface area contributed by atoms with Crippen LogP contribution in [0.5, 0.6) is 0 Å². The first-order valence-electron chi connectivity index (χ1n) is 6.91. The summed E-state index contributed by atoms with van der Waals surface area (Å²) in [6, 6.07) is 17.3. The van der Waals surface area contributed by atoms with Crippen LogP contribution in [0.4, 0.5) is 5.69 Å². The molecule has 2 aromatic carbocycles. The normalized spacial score (nSPS) is 10.6. The van der Waals surface area contributed by atoms with Gasteiger partial charge in [-0.05, 0) is 41.2 Å². The topological polar surface area (TPSA) is 29.1 Å². The lowest BCUT2D eigenvalue weighted by Gasteiger charge is -2.15. The Morgan fingerprint density at radius 1 is 1.15 bits per heavy atom. The van der Waals surface area contributed by atoms with E-state index in [1.807, 2.05) is 18.2 Å². The minimum atomic E-state index is -0.0294. The van der Waals surface area contributed by atoms with Gasteiger partial charge in [-0.1, -0.05) is 50.2 Å². The van der Waals surface area contributed by atoms with Crippen LogP contribution in [-0.2, 0) is 11.2 Å². The number of amides is 1. The van der Waals surface area contributed by atoms with Crippen molar-refractivity contribution < 1.29 is 4.79 Å². The maximum Gasteiger partial charge on any atom is 0.221 e. The zero-order valence-electron chi connectivity index (χ0n) is 12.2. The van der Waals surface area contributed by atoms with Crippen LogP contribution >= 0.6 is 0 Å². The summed E-state index contributed by atoms with van der Waals surface area (Å²) in [4.78, 5) is 11.2. The lowest BCUT2D eigenvalue weighted by atomic mass is 9.95. The monoisotopic (exact) mass is 266 g/mol. The molecule has 0 bridgehead atoms. The predicted molar refractivity (Wildman–Crippen MR) is 82.9 cm³/mol. The quantitative estimate of drug-likeness (QED) is 0.884. The van der Waals surface area contributed by atoms with Crippen LogP contribution in [0.25, 0.3) is 0 Å². The number of anilines is 1. The Balaban J connectivity index is 2.28. The highest BCUT2D eigenvalue weighted by atomic mass is 16.1. The van der Waals surface area contributed by atoms with Crippen molar-refractivity contribution in [3.63, 3.8) is 0 Å². The summed E-state index contributed by atoms with van der Waals surface area (Å²) in [6.07, 6.45) is 0.898. The highest BCUT2D eigenvalue weighted by Crippen LogP contribution is 2.26. The van der Waals surface area contributed by atoms with Gasteiger partial charge in [-0.25, -0.2) is 0 Å². The van der Waals surface area contributed by atoms with Crippen molar-refractivity contribution in [3.8, 4) is 0 Å². The molecule has 0 saturated carbocycles. The van der Waals surface area contributed by atoms with E-state index in [0.717, 1.165) is 12.1 Å². The molecule has 0 aliphatic carbocycles. The third kappa shape index (κ3) is 3.70. The van der Waals surface area contributed by atoms with E-state index in [2.05, 4.69) is 49.5 Å². The fraction of sp³-hybridized carbons (Fsp3) is 0.278. The maximum absolute atomic E-state index is 11.2. The average molecular weight is 266 g/mol. The summed E-state index contributed by atoms with van der Waals surface area (Å²) in [6.45, 7) is 5.82. The summed E-state index contributed by atoms with van der Waals surface area (Å²) in [5.41, 5.74) is 4.62. The molecule has 0 heterocycles. The maximum atomic E-state index is 11.2. The number of nitrogens with one attached hydrogen (secondary N) is 1. The molecule has 2 nitrogen and oxygen atoms in total. The number of hydrogen-bond acceptors (Lipinski definition) is 1. The molecule has 20 heavy (non-hydrogen) atoms. The van der Waals surface area contributed by atoms with Crippen molar-refractivity contribution >= 4 is 11.6 Å². The molecule has 0 unspecified atom stereocenters. The third-order valence-corrected chi connectivity index (χ3v) is 3.24. The molecule has 1 amide bonds. The lowest BCUT2D eigenvalue weighted by molar-refractivity contribution is -0.114. The van der Waals surface area contributed by atoms with Gasteiger partial charge in [-0.2, -0.15) is 0 Å². The van der Waals surface area contributed by atoms with E-state index in [9.17, 15) is 4.79 Å². The van der Waals surface area contributed by atoms with Crippen LogP contribution in [0.2, 0.25) is 0 Å². The number of hydrogen-bond donors (Lipinski definition) is 1. The van der Waals surface area contributed by atoms with Gasteiger partial charge in [0, 0.05) is 12.6 Å². The van der Waals surface area contributed by atoms with E-state index in [1.165, 1.54) is 16.7 Å². The van der Waals surface area contributed by atoms with E-state index >= 15 is 0 Å². The Bertz CT molecular complexity index is 588. The zero-order valence-corrected chi connectivity index (χ0v) is 12.2. The molecule has 2 aromatic rings. The second kappa shape index (κ2) is 6.38. The van der Waals surface area contributed by atoms with E-state index < -0.39 is 0 Å². The molecule has 0 aliphatic heterocycles. The Morgan fingerprint density at radius 3 is 2.45 bits per heavy atom. The smallest absolute Gasteiger partial charge is 0.221 e. The van der Waals surface area contributed by atoms with Crippen LogP contribution in [0.3, 0.4) is 0 Å². The van der Waals surface area contributed by atoms with Gasteiger partial charge in [-0.3, -0.25) is 4.79 Å². The van der Waals surface area contributed by atoms with Gasteiger partial charge in [0.05, 0.1) is 0 Å². The van der Waals surface area contributed by atoms with Crippen molar-refractivity contribution in [1.29, 1.82) is 0 Å². The first-order valence-corrected chi connectivity index (χ1v) is 6.91. The highest BCUT2D eigenvalue weighted by Gasteiger charge is 2.09. The standard InChI is InChI=1S/C18H20NO/c1-13(2)17-12-16(9-10-18(17)19-14(3)20)11-15-7-5-4-6-8-15/h5-10,12-13H,11H2,1-3H3,(H,19,20). The van der Waals surface area contributed by atoms with Crippen LogP contribution in [0.1, 0.15) is 43.4 Å². The van der Waals surface area contributed by atoms with Gasteiger partial charge < -0.3 is 5.32 Å². The minimum absolute atomic E-state index is 0.0294. The summed E-state index contributed by atoms with van der Waals surface area (Å²) >= 11 is 0. The number of carbonyl (C=O) groups is 1. The number of benzene rings is 2. The predicted octanol–water partition coefficient (Wildman–Crippen LogP) is 4.16. The van der Waals surface area contributed by atoms with Gasteiger partial charge in [0.2, 0.25) is 5.91 Å². The molecular formula is C18H20NO. The zero-order chi connectivity index (χ0) is 14.5. The molecular weight excluding hydrogens is 246 g/mol. The van der Waals surface area contributed by atoms with Crippen LogP contribution in [-0.4, -0.2) is 5.91 Å². The first-order chi connectivity index (χ1) is 9.56. The Morgan fingerprint density at radius 2 is 1.85 bits per heavy atom. The summed E-state index contributed by atoms with van der Waals surface area (Å²) in [5, 5.41) is 2.90. The molecule has 0 aliphatic rings. The minimum Gasteiger partial charge on any atom is -0.326 e. The van der Waals surface area contributed by atoms with Crippen molar-refractivity contribution in [3.05, 3.63) is 65.2 Å². The molecule has 2 heteroatoms.